The van der Waals surface area contributed by atoms with Gasteiger partial charge >= 0.3 is 0 Å². The summed E-state index contributed by atoms with van der Waals surface area (Å²) in [6.45, 7) is 0. The van der Waals surface area contributed by atoms with Crippen molar-refractivity contribution in [1.82, 2.24) is 4.98 Å². The molecule has 0 bridgehead atoms. The molecule has 1 heterocycles. The van der Waals surface area contributed by atoms with E-state index in [0.717, 1.165) is 0 Å². The van der Waals surface area contributed by atoms with Crippen LogP contribution in [0.3, 0.4) is 0 Å². The van der Waals surface area contributed by atoms with Crippen LogP contribution < -0.4 is 10.5 Å². The van der Waals surface area contributed by atoms with Crippen molar-refractivity contribution in [3.63, 3.8) is 0 Å². The Kier molecular flexibility index (Phi) is 2.28. The summed E-state index contributed by atoms with van der Waals surface area (Å²) in [6.07, 6.45) is 0. The van der Waals surface area contributed by atoms with E-state index >= 15 is 0 Å². The minimum Gasteiger partial charge on any atom is -0.493 e. The molecule has 0 aliphatic rings. The lowest BCUT2D eigenvalue weighted by molar-refractivity contribution is 0.411. The number of hydrogen-bond acceptors (Lipinski definition) is 3. The Bertz CT molecular complexity index is 280. The van der Waals surface area contributed by atoms with Crippen LogP contribution in [-0.4, -0.2) is 12.1 Å². The quantitative estimate of drug-likeness (QED) is 0.732. The largest absolute Gasteiger partial charge is 0.493 e. The van der Waals surface area contributed by atoms with Crippen LogP contribution in [-0.2, 0) is 0 Å². The molecule has 0 unspecified atom stereocenters. The van der Waals surface area contributed by atoms with Crippen LogP contribution in [0.15, 0.2) is 10.7 Å². The molecule has 11 heavy (non-hydrogen) atoms. The van der Waals surface area contributed by atoms with Gasteiger partial charge in [-0.25, -0.2) is 9.37 Å². The maximum Gasteiger partial charge on any atom is 0.167 e. The lowest BCUT2D eigenvalue weighted by atomic mass is 10.4. The summed E-state index contributed by atoms with van der Waals surface area (Å²) in [5.74, 6) is -0.0810. The smallest absolute Gasteiger partial charge is 0.167 e. The minimum atomic E-state index is -0.490. The van der Waals surface area contributed by atoms with E-state index in [1.165, 1.54) is 13.2 Å². The van der Waals surface area contributed by atoms with Crippen molar-refractivity contribution in [1.29, 1.82) is 0 Å². The van der Waals surface area contributed by atoms with Crippen LogP contribution in [0.25, 0.3) is 0 Å². The average Bonchev–Trinajstić information content (AvgIpc) is 1.97. The molecule has 0 saturated carbocycles. The highest BCUT2D eigenvalue weighted by Gasteiger charge is 2.06. The van der Waals surface area contributed by atoms with Gasteiger partial charge in [-0.15, -0.1) is 0 Å². The topological polar surface area (TPSA) is 48.1 Å². The summed E-state index contributed by atoms with van der Waals surface area (Å²) in [5, 5.41) is 0. The van der Waals surface area contributed by atoms with Crippen LogP contribution in [0.4, 0.5) is 10.2 Å². The number of ether oxygens (including phenoxy) is 1. The van der Waals surface area contributed by atoms with Gasteiger partial charge in [0.1, 0.15) is 4.60 Å². The van der Waals surface area contributed by atoms with Gasteiger partial charge < -0.3 is 10.5 Å². The monoisotopic (exact) mass is 220 g/mol. The third-order valence-electron chi connectivity index (χ3n) is 1.15. The van der Waals surface area contributed by atoms with E-state index in [0.29, 0.717) is 0 Å². The number of nitrogens with zero attached hydrogens (tertiary/aromatic N) is 1. The molecule has 5 heteroatoms. The van der Waals surface area contributed by atoms with E-state index in [1.54, 1.807) is 0 Å². The molecular formula is C6H6BrFN2O. The minimum absolute atomic E-state index is 0.0933. The standard InChI is InChI=1S/C6H6BrFN2O/c1-11-4-2-3(8)5(7)10-6(4)9/h2H,1H3,(H2,9,10). The number of hydrogen-bond donors (Lipinski definition) is 1. The van der Waals surface area contributed by atoms with Crippen molar-refractivity contribution in [2.75, 3.05) is 12.8 Å². The predicted octanol–water partition coefficient (Wildman–Crippen LogP) is 1.57. The Labute approximate surface area is 71.5 Å². The molecular weight excluding hydrogens is 215 g/mol. The molecule has 0 saturated heterocycles. The molecule has 0 radical (unpaired) electrons. The van der Waals surface area contributed by atoms with Crippen molar-refractivity contribution < 1.29 is 9.13 Å². The number of nitrogens with two attached hydrogens (primary N) is 1. The lowest BCUT2D eigenvalue weighted by Crippen LogP contribution is -1.97. The van der Waals surface area contributed by atoms with E-state index in [4.69, 9.17) is 10.5 Å². The summed E-state index contributed by atoms with van der Waals surface area (Å²) < 4.78 is 17.5. The number of rotatable bonds is 1. The van der Waals surface area contributed by atoms with Crippen molar-refractivity contribution in [3.8, 4) is 5.75 Å². The Morgan fingerprint density at radius 2 is 2.36 bits per heavy atom. The fourth-order valence-corrected chi connectivity index (χ4v) is 0.932. The van der Waals surface area contributed by atoms with E-state index < -0.39 is 5.82 Å². The van der Waals surface area contributed by atoms with Gasteiger partial charge in [0, 0.05) is 6.07 Å². The fourth-order valence-electron chi connectivity index (χ4n) is 0.626. The second-order valence-corrected chi connectivity index (χ2v) is 2.60. The number of methoxy groups -OCH3 is 1. The second-order valence-electron chi connectivity index (χ2n) is 1.85. The molecule has 0 aliphatic carbocycles. The Hall–Kier alpha value is -0.840. The van der Waals surface area contributed by atoms with Gasteiger partial charge in [-0.3, -0.25) is 0 Å². The molecule has 0 amide bonds. The normalized spacial score (nSPS) is 9.73. The third kappa shape index (κ3) is 1.59. The van der Waals surface area contributed by atoms with Gasteiger partial charge in [0.25, 0.3) is 0 Å². The molecule has 3 nitrogen and oxygen atoms in total. The van der Waals surface area contributed by atoms with Gasteiger partial charge in [0.2, 0.25) is 0 Å². The fraction of sp³-hybridized carbons (Fsp3) is 0.167. The highest BCUT2D eigenvalue weighted by atomic mass is 79.9. The van der Waals surface area contributed by atoms with E-state index in [2.05, 4.69) is 20.9 Å². The molecule has 0 aromatic carbocycles. The zero-order valence-electron chi connectivity index (χ0n) is 5.77. The van der Waals surface area contributed by atoms with Crippen LogP contribution >= 0.6 is 15.9 Å². The van der Waals surface area contributed by atoms with E-state index in [-0.39, 0.29) is 16.2 Å². The lowest BCUT2D eigenvalue weighted by Gasteiger charge is -2.03. The predicted molar refractivity (Wildman–Crippen MR) is 42.9 cm³/mol. The molecule has 0 fully saturated rings. The highest BCUT2D eigenvalue weighted by molar-refractivity contribution is 9.10. The first-order valence-electron chi connectivity index (χ1n) is 2.80. The molecule has 1 aromatic heterocycles. The van der Waals surface area contributed by atoms with Gasteiger partial charge in [-0.05, 0) is 15.9 Å². The summed E-state index contributed by atoms with van der Waals surface area (Å²) in [5.41, 5.74) is 5.37. The van der Waals surface area contributed by atoms with E-state index in [9.17, 15) is 4.39 Å². The molecule has 60 valence electrons. The van der Waals surface area contributed by atoms with E-state index in [1.807, 2.05) is 0 Å². The number of anilines is 1. The zero-order chi connectivity index (χ0) is 8.43. The molecule has 1 aromatic rings. The SMILES string of the molecule is COc1cc(F)c(Br)nc1N. The van der Waals surface area contributed by atoms with Crippen LogP contribution in [0.1, 0.15) is 0 Å². The second kappa shape index (κ2) is 3.04. The van der Waals surface area contributed by atoms with Crippen molar-refractivity contribution in [2.24, 2.45) is 0 Å². The number of nitrogen functional groups attached to an aromatic ring is 1. The summed E-state index contributed by atoms with van der Waals surface area (Å²) in [4.78, 5) is 3.64. The first-order chi connectivity index (χ1) is 5.15. The van der Waals surface area contributed by atoms with Gasteiger partial charge in [0.05, 0.1) is 7.11 Å². The summed E-state index contributed by atoms with van der Waals surface area (Å²) in [7, 11) is 1.40. The first kappa shape index (κ1) is 8.26. The maximum atomic E-state index is 12.7. The number of halogens is 2. The Balaban J connectivity index is 3.21. The van der Waals surface area contributed by atoms with Crippen molar-refractivity contribution in [2.45, 2.75) is 0 Å². The van der Waals surface area contributed by atoms with Gasteiger partial charge in [-0.2, -0.15) is 0 Å². The van der Waals surface area contributed by atoms with Crippen LogP contribution in [0.2, 0.25) is 0 Å². The molecule has 0 aliphatic heterocycles. The average molecular weight is 221 g/mol. The molecule has 1 rings (SSSR count). The summed E-state index contributed by atoms with van der Waals surface area (Å²) >= 11 is 2.89. The molecule has 0 atom stereocenters. The molecule has 0 spiro atoms. The Morgan fingerprint density at radius 3 is 2.91 bits per heavy atom. The summed E-state index contributed by atoms with van der Waals surface area (Å²) in [6, 6.07) is 1.17. The molecule has 2 N–H and O–H groups in total. The van der Waals surface area contributed by atoms with Crippen LogP contribution in [0.5, 0.6) is 5.75 Å². The maximum absolute atomic E-state index is 12.7. The first-order valence-corrected chi connectivity index (χ1v) is 3.60. The third-order valence-corrected chi connectivity index (χ3v) is 1.70. The highest BCUT2D eigenvalue weighted by Crippen LogP contribution is 2.23. The zero-order valence-corrected chi connectivity index (χ0v) is 7.35. The van der Waals surface area contributed by atoms with Crippen LogP contribution in [0, 0.1) is 5.82 Å². The Morgan fingerprint density at radius 1 is 1.73 bits per heavy atom. The number of aromatic nitrogens is 1. The van der Waals surface area contributed by atoms with Crippen molar-refractivity contribution >= 4 is 21.7 Å². The van der Waals surface area contributed by atoms with Gasteiger partial charge in [-0.1, -0.05) is 0 Å². The van der Waals surface area contributed by atoms with Crippen molar-refractivity contribution in [3.05, 3.63) is 16.5 Å². The van der Waals surface area contributed by atoms with Gasteiger partial charge in [0.15, 0.2) is 17.4 Å². The number of pyridine rings is 1.